The molecule has 0 rings (SSSR count). The van der Waals surface area contributed by atoms with Crippen LogP contribution in [0.2, 0.25) is 0 Å². The smallest absolute Gasteiger partial charge is 0.407 e. The summed E-state index contributed by atoms with van der Waals surface area (Å²) < 4.78 is 9.54. The van der Waals surface area contributed by atoms with Gasteiger partial charge in [-0.05, 0) is 34.6 Å². The van der Waals surface area contributed by atoms with E-state index in [2.05, 4.69) is 10.1 Å². The second kappa shape index (κ2) is 6.40. The van der Waals surface area contributed by atoms with Gasteiger partial charge in [0.05, 0.1) is 19.2 Å². The number of nitrogens with one attached hydrogen (secondary N) is 1. The molecule has 8 nitrogen and oxygen atoms in total. The van der Waals surface area contributed by atoms with Crippen LogP contribution in [0.3, 0.4) is 0 Å². The molecule has 0 radical (unpaired) electrons. The quantitative estimate of drug-likeness (QED) is 0.468. The van der Waals surface area contributed by atoms with Gasteiger partial charge in [-0.25, -0.2) is 9.59 Å². The summed E-state index contributed by atoms with van der Waals surface area (Å²) in [7, 11) is 1.09. The molecule has 0 heterocycles. The molecule has 0 aliphatic carbocycles. The maximum absolute atomic E-state index is 12.2. The fourth-order valence-electron chi connectivity index (χ4n) is 1.53. The maximum Gasteiger partial charge on any atom is 0.407 e. The van der Waals surface area contributed by atoms with E-state index in [1.807, 2.05) is 0 Å². The zero-order chi connectivity index (χ0) is 17.1. The average molecular weight is 303 g/mol. The largest absolute Gasteiger partial charge is 0.467 e. The minimum absolute atomic E-state index is 0.478. The highest BCUT2D eigenvalue weighted by Gasteiger charge is 2.48. The third-order valence-corrected chi connectivity index (χ3v) is 2.45. The normalized spacial score (nSPS) is 14.9. The summed E-state index contributed by atoms with van der Waals surface area (Å²) in [5.74, 6) is -1.74. The summed E-state index contributed by atoms with van der Waals surface area (Å²) in [5.41, 5.74) is 7.34. The van der Waals surface area contributed by atoms with Gasteiger partial charge in [0.2, 0.25) is 0 Å². The van der Waals surface area contributed by atoms with Crippen LogP contribution in [0.25, 0.3) is 0 Å². The standard InChI is InChI=1S/C13H25N3O5/c1-11(2,3)21-10(19)16-7-13(15,9(18)20-6)8(17)12(4,5)14/h7,14-15H2,1-6H3,(H,16,19)/t13-/m0/s1. The van der Waals surface area contributed by atoms with Gasteiger partial charge in [0, 0.05) is 0 Å². The van der Waals surface area contributed by atoms with Gasteiger partial charge in [-0.1, -0.05) is 0 Å². The number of methoxy groups -OCH3 is 1. The molecule has 0 aromatic carbocycles. The molecule has 0 aromatic rings. The molecular weight excluding hydrogens is 278 g/mol. The summed E-state index contributed by atoms with van der Waals surface area (Å²) in [4.78, 5) is 35.7. The number of alkyl carbamates (subject to hydrolysis) is 1. The Kier molecular flexibility index (Phi) is 5.89. The highest BCUT2D eigenvalue weighted by Crippen LogP contribution is 2.14. The lowest BCUT2D eigenvalue weighted by atomic mass is 9.83. The van der Waals surface area contributed by atoms with Crippen LogP contribution in [0, 0.1) is 0 Å². The van der Waals surface area contributed by atoms with E-state index in [9.17, 15) is 14.4 Å². The van der Waals surface area contributed by atoms with E-state index in [1.54, 1.807) is 20.8 Å². The summed E-state index contributed by atoms with van der Waals surface area (Å²) in [5, 5.41) is 2.28. The predicted octanol–water partition coefficient (Wildman–Crippen LogP) is -0.312. The number of Topliss-reactive ketones (excluding diaryl/α,β-unsaturated/α-hetero) is 1. The number of ether oxygens (including phenoxy) is 2. The van der Waals surface area contributed by atoms with Crippen molar-refractivity contribution < 1.29 is 23.9 Å². The number of hydrogen-bond acceptors (Lipinski definition) is 7. The van der Waals surface area contributed by atoms with Gasteiger partial charge in [-0.15, -0.1) is 0 Å². The monoisotopic (exact) mass is 303 g/mol. The summed E-state index contributed by atoms with van der Waals surface area (Å²) >= 11 is 0. The maximum atomic E-state index is 12.2. The lowest BCUT2D eigenvalue weighted by Crippen LogP contribution is -2.68. The number of hydrogen-bond donors (Lipinski definition) is 3. The van der Waals surface area contributed by atoms with Crippen molar-refractivity contribution in [2.75, 3.05) is 13.7 Å². The van der Waals surface area contributed by atoms with Gasteiger partial charge in [-0.3, -0.25) is 4.79 Å². The fourth-order valence-corrected chi connectivity index (χ4v) is 1.53. The molecular formula is C13H25N3O5. The van der Waals surface area contributed by atoms with Gasteiger partial charge in [-0.2, -0.15) is 0 Å². The van der Waals surface area contributed by atoms with Gasteiger partial charge < -0.3 is 26.3 Å². The van der Waals surface area contributed by atoms with Crippen molar-refractivity contribution in [1.29, 1.82) is 0 Å². The molecule has 1 amide bonds. The second-order valence-corrected chi connectivity index (χ2v) is 6.37. The van der Waals surface area contributed by atoms with E-state index in [0.29, 0.717) is 0 Å². The Morgan fingerprint density at radius 1 is 1.05 bits per heavy atom. The Hall–Kier alpha value is -1.67. The molecule has 0 aliphatic rings. The van der Waals surface area contributed by atoms with Crippen molar-refractivity contribution in [2.45, 2.75) is 51.3 Å². The first-order chi connectivity index (χ1) is 9.24. The fraction of sp³-hybridized carbons (Fsp3) is 0.769. The molecule has 0 aliphatic heterocycles. The summed E-state index contributed by atoms with van der Waals surface area (Å²) in [6.45, 7) is 7.37. The minimum atomic E-state index is -2.08. The number of rotatable bonds is 5. The lowest BCUT2D eigenvalue weighted by Gasteiger charge is -2.31. The van der Waals surface area contributed by atoms with Gasteiger partial charge >= 0.3 is 12.1 Å². The topological polar surface area (TPSA) is 134 Å². The van der Waals surface area contributed by atoms with E-state index >= 15 is 0 Å². The number of ketones is 1. The van der Waals surface area contributed by atoms with Crippen LogP contribution in [0.4, 0.5) is 4.79 Å². The third-order valence-electron chi connectivity index (χ3n) is 2.45. The van der Waals surface area contributed by atoms with Crippen LogP contribution < -0.4 is 16.8 Å². The Balaban J connectivity index is 5.09. The Morgan fingerprint density at radius 3 is 1.86 bits per heavy atom. The van der Waals surface area contributed by atoms with Crippen molar-refractivity contribution in [2.24, 2.45) is 11.5 Å². The molecule has 0 saturated carbocycles. The van der Waals surface area contributed by atoms with Crippen LogP contribution in [-0.4, -0.2) is 48.2 Å². The number of carbonyl (C=O) groups excluding carboxylic acids is 3. The highest BCUT2D eigenvalue weighted by molar-refractivity contribution is 6.12. The van der Waals surface area contributed by atoms with E-state index in [1.165, 1.54) is 13.8 Å². The minimum Gasteiger partial charge on any atom is -0.467 e. The van der Waals surface area contributed by atoms with Gasteiger partial charge in [0.1, 0.15) is 5.60 Å². The summed E-state index contributed by atoms with van der Waals surface area (Å²) in [6, 6.07) is 0. The first-order valence-corrected chi connectivity index (χ1v) is 6.42. The zero-order valence-electron chi connectivity index (χ0n) is 13.4. The molecule has 8 heteroatoms. The first kappa shape index (κ1) is 19.3. The molecule has 0 fully saturated rings. The van der Waals surface area contributed by atoms with E-state index in [0.717, 1.165) is 7.11 Å². The molecule has 122 valence electrons. The van der Waals surface area contributed by atoms with Crippen LogP contribution in [0.1, 0.15) is 34.6 Å². The van der Waals surface area contributed by atoms with Gasteiger partial charge in [0.15, 0.2) is 11.3 Å². The Labute approximate surface area is 124 Å². The molecule has 0 bridgehead atoms. The Bertz CT molecular complexity index is 423. The molecule has 0 saturated heterocycles. The van der Waals surface area contributed by atoms with Crippen molar-refractivity contribution in [1.82, 2.24) is 5.32 Å². The number of esters is 1. The molecule has 1 atom stereocenters. The molecule has 21 heavy (non-hydrogen) atoms. The van der Waals surface area contributed by atoms with Crippen LogP contribution in [-0.2, 0) is 19.1 Å². The number of nitrogens with two attached hydrogens (primary N) is 2. The third kappa shape index (κ3) is 5.68. The summed E-state index contributed by atoms with van der Waals surface area (Å²) in [6.07, 6.45) is -0.802. The number of amides is 1. The Morgan fingerprint density at radius 2 is 1.52 bits per heavy atom. The SMILES string of the molecule is COC(=O)[C@](N)(CNC(=O)OC(C)(C)C)C(=O)C(C)(C)N. The van der Waals surface area contributed by atoms with Crippen molar-refractivity contribution >= 4 is 17.8 Å². The van der Waals surface area contributed by atoms with Crippen LogP contribution in [0.5, 0.6) is 0 Å². The molecule has 0 unspecified atom stereocenters. The first-order valence-electron chi connectivity index (χ1n) is 6.42. The van der Waals surface area contributed by atoms with E-state index in [4.69, 9.17) is 16.2 Å². The van der Waals surface area contributed by atoms with Crippen molar-refractivity contribution in [3.8, 4) is 0 Å². The van der Waals surface area contributed by atoms with E-state index < -0.39 is 41.1 Å². The molecule has 0 aromatic heterocycles. The van der Waals surface area contributed by atoms with E-state index in [-0.39, 0.29) is 0 Å². The second-order valence-electron chi connectivity index (χ2n) is 6.37. The average Bonchev–Trinajstić information content (AvgIpc) is 2.30. The zero-order valence-corrected chi connectivity index (χ0v) is 13.4. The predicted molar refractivity (Wildman–Crippen MR) is 76.4 cm³/mol. The number of carbonyl (C=O) groups is 3. The van der Waals surface area contributed by atoms with Crippen molar-refractivity contribution in [3.63, 3.8) is 0 Å². The highest BCUT2D eigenvalue weighted by atomic mass is 16.6. The van der Waals surface area contributed by atoms with Crippen molar-refractivity contribution in [3.05, 3.63) is 0 Å². The lowest BCUT2D eigenvalue weighted by molar-refractivity contribution is -0.152. The van der Waals surface area contributed by atoms with Crippen LogP contribution in [0.15, 0.2) is 0 Å². The van der Waals surface area contributed by atoms with Crippen LogP contribution >= 0.6 is 0 Å². The molecule has 0 spiro atoms. The van der Waals surface area contributed by atoms with Gasteiger partial charge in [0.25, 0.3) is 0 Å². The molecule has 5 N–H and O–H groups in total.